The number of ether oxygens (including phenoxy) is 1. The lowest BCUT2D eigenvalue weighted by Gasteiger charge is -2.15. The predicted molar refractivity (Wildman–Crippen MR) is 74.0 cm³/mol. The summed E-state index contributed by atoms with van der Waals surface area (Å²) in [5.41, 5.74) is 1.75. The van der Waals surface area contributed by atoms with Gasteiger partial charge in [0.2, 0.25) is 0 Å². The molecule has 0 spiro atoms. The van der Waals surface area contributed by atoms with Crippen LogP contribution in [0.2, 0.25) is 5.15 Å². The molecule has 1 aliphatic heterocycles. The van der Waals surface area contributed by atoms with Crippen molar-refractivity contribution in [3.63, 3.8) is 0 Å². The molecule has 3 rings (SSSR count). The summed E-state index contributed by atoms with van der Waals surface area (Å²) in [5, 5.41) is 13.4. The summed E-state index contributed by atoms with van der Waals surface area (Å²) in [7, 11) is 0. The van der Waals surface area contributed by atoms with Crippen LogP contribution in [-0.2, 0) is 4.74 Å². The molecular formula is C14H12ClFN4O. The van der Waals surface area contributed by atoms with Crippen molar-refractivity contribution in [2.45, 2.75) is 25.6 Å². The van der Waals surface area contributed by atoms with Gasteiger partial charge < -0.3 is 4.74 Å². The number of nitriles is 1. The second kappa shape index (κ2) is 5.43. The molecule has 5 nitrogen and oxygen atoms in total. The van der Waals surface area contributed by atoms with Crippen molar-refractivity contribution in [3.05, 3.63) is 40.3 Å². The number of hydrogen-bond acceptors (Lipinski definition) is 4. The molecule has 2 aromatic heterocycles. The van der Waals surface area contributed by atoms with E-state index in [1.54, 1.807) is 18.2 Å². The Morgan fingerprint density at radius 3 is 2.95 bits per heavy atom. The fourth-order valence-electron chi connectivity index (χ4n) is 2.41. The van der Waals surface area contributed by atoms with E-state index < -0.39 is 6.17 Å². The molecular weight excluding hydrogens is 295 g/mol. The summed E-state index contributed by atoms with van der Waals surface area (Å²) in [6.45, 7) is 1.89. The van der Waals surface area contributed by atoms with E-state index >= 15 is 0 Å². The van der Waals surface area contributed by atoms with Gasteiger partial charge in [-0.15, -0.1) is 0 Å². The minimum atomic E-state index is -0.980. The highest BCUT2D eigenvalue weighted by molar-refractivity contribution is 6.29. The molecule has 0 amide bonds. The van der Waals surface area contributed by atoms with Crippen LogP contribution in [0.5, 0.6) is 0 Å². The molecule has 1 fully saturated rings. The molecule has 1 aliphatic rings. The van der Waals surface area contributed by atoms with Crippen LogP contribution < -0.4 is 0 Å². The topological polar surface area (TPSA) is 63.7 Å². The summed E-state index contributed by atoms with van der Waals surface area (Å²) >= 11 is 5.96. The van der Waals surface area contributed by atoms with Crippen molar-refractivity contribution in [2.75, 3.05) is 6.61 Å². The van der Waals surface area contributed by atoms with Gasteiger partial charge in [0.05, 0.1) is 12.7 Å². The van der Waals surface area contributed by atoms with Crippen molar-refractivity contribution in [1.29, 1.82) is 5.26 Å². The standard InChI is InChI=1S/C14H12ClFN4O/c1-8-4-10(6-17)19-20(8)14-11(2-3-13(15)18-14)12-5-9(16)7-21-12/h2-4,9,12H,5,7H2,1H3/t9-,12+/m0/s1. The maximum atomic E-state index is 13.4. The second-order valence-corrected chi connectivity index (χ2v) is 5.28. The van der Waals surface area contributed by atoms with E-state index in [4.69, 9.17) is 21.6 Å². The van der Waals surface area contributed by atoms with Gasteiger partial charge in [-0.05, 0) is 25.1 Å². The molecule has 0 aromatic carbocycles. The molecule has 21 heavy (non-hydrogen) atoms. The summed E-state index contributed by atoms with van der Waals surface area (Å²) in [4.78, 5) is 4.28. The lowest BCUT2D eigenvalue weighted by molar-refractivity contribution is 0.103. The van der Waals surface area contributed by atoms with Crippen LogP contribution in [-0.4, -0.2) is 27.5 Å². The molecule has 1 saturated heterocycles. The Morgan fingerprint density at radius 2 is 2.33 bits per heavy atom. The molecule has 0 unspecified atom stereocenters. The van der Waals surface area contributed by atoms with Gasteiger partial charge >= 0.3 is 0 Å². The number of aryl methyl sites for hydroxylation is 1. The normalized spacial score (nSPS) is 21.4. The molecule has 0 bridgehead atoms. The van der Waals surface area contributed by atoms with Crippen molar-refractivity contribution >= 4 is 11.6 Å². The van der Waals surface area contributed by atoms with Crippen LogP contribution in [0.1, 0.15) is 29.5 Å². The Morgan fingerprint density at radius 1 is 1.52 bits per heavy atom. The smallest absolute Gasteiger partial charge is 0.163 e. The molecule has 7 heteroatoms. The van der Waals surface area contributed by atoms with Gasteiger partial charge in [-0.1, -0.05) is 11.6 Å². The Bertz CT molecular complexity index is 724. The van der Waals surface area contributed by atoms with Crippen molar-refractivity contribution < 1.29 is 9.13 Å². The van der Waals surface area contributed by atoms with Crippen LogP contribution in [0.25, 0.3) is 5.82 Å². The molecule has 108 valence electrons. The predicted octanol–water partition coefficient (Wildman–Crippen LogP) is 2.90. The van der Waals surface area contributed by atoms with E-state index in [9.17, 15) is 4.39 Å². The third kappa shape index (κ3) is 2.62. The van der Waals surface area contributed by atoms with Gasteiger partial charge in [-0.2, -0.15) is 10.4 Å². The molecule has 0 saturated carbocycles. The zero-order chi connectivity index (χ0) is 15.0. The highest BCUT2D eigenvalue weighted by atomic mass is 35.5. The van der Waals surface area contributed by atoms with Gasteiger partial charge in [0.1, 0.15) is 17.4 Å². The average Bonchev–Trinajstić information content (AvgIpc) is 3.04. The number of aromatic nitrogens is 3. The molecule has 0 aliphatic carbocycles. The fourth-order valence-corrected chi connectivity index (χ4v) is 2.55. The number of pyridine rings is 1. The van der Waals surface area contributed by atoms with Crippen molar-refractivity contribution in [2.24, 2.45) is 0 Å². The second-order valence-electron chi connectivity index (χ2n) is 4.90. The first-order valence-corrected chi connectivity index (χ1v) is 6.85. The molecule has 0 N–H and O–H groups in total. The van der Waals surface area contributed by atoms with Crippen LogP contribution in [0.15, 0.2) is 18.2 Å². The summed E-state index contributed by atoms with van der Waals surface area (Å²) in [6, 6.07) is 7.04. The number of hydrogen-bond donors (Lipinski definition) is 0. The molecule has 0 radical (unpaired) electrons. The van der Waals surface area contributed by atoms with Crippen LogP contribution >= 0.6 is 11.6 Å². The third-order valence-electron chi connectivity index (χ3n) is 3.37. The maximum Gasteiger partial charge on any atom is 0.163 e. The van der Waals surface area contributed by atoms with E-state index in [1.807, 2.05) is 13.0 Å². The Balaban J connectivity index is 2.10. The fraction of sp³-hybridized carbons (Fsp3) is 0.357. The number of nitrogens with zero attached hydrogens (tertiary/aromatic N) is 4. The first-order chi connectivity index (χ1) is 10.1. The lowest BCUT2D eigenvalue weighted by Crippen LogP contribution is -2.09. The quantitative estimate of drug-likeness (QED) is 0.800. The van der Waals surface area contributed by atoms with E-state index in [-0.39, 0.29) is 24.8 Å². The monoisotopic (exact) mass is 306 g/mol. The number of halogens is 2. The SMILES string of the molecule is Cc1cc(C#N)nn1-c1nc(Cl)ccc1[C@H]1C[C@H](F)CO1. The van der Waals surface area contributed by atoms with Crippen LogP contribution in [0, 0.1) is 18.3 Å². The van der Waals surface area contributed by atoms with E-state index in [0.717, 1.165) is 11.3 Å². The van der Waals surface area contributed by atoms with Gasteiger partial charge in [0, 0.05) is 17.7 Å². The Kier molecular flexibility index (Phi) is 3.62. The van der Waals surface area contributed by atoms with Gasteiger partial charge in [0.15, 0.2) is 11.5 Å². The molecule has 2 aromatic rings. The van der Waals surface area contributed by atoms with E-state index in [0.29, 0.717) is 11.0 Å². The Labute approximate surface area is 125 Å². The third-order valence-corrected chi connectivity index (χ3v) is 3.58. The van der Waals surface area contributed by atoms with Crippen LogP contribution in [0.4, 0.5) is 4.39 Å². The highest BCUT2D eigenvalue weighted by Gasteiger charge is 2.29. The zero-order valence-corrected chi connectivity index (χ0v) is 12.0. The van der Waals surface area contributed by atoms with Gasteiger partial charge in [0.25, 0.3) is 0 Å². The van der Waals surface area contributed by atoms with Crippen molar-refractivity contribution in [1.82, 2.24) is 14.8 Å². The highest BCUT2D eigenvalue weighted by Crippen LogP contribution is 2.34. The zero-order valence-electron chi connectivity index (χ0n) is 11.3. The first kappa shape index (κ1) is 14.0. The summed E-state index contributed by atoms with van der Waals surface area (Å²) in [5.74, 6) is 0.473. The minimum Gasteiger partial charge on any atom is -0.370 e. The van der Waals surface area contributed by atoms with E-state index in [1.165, 1.54) is 4.68 Å². The largest absolute Gasteiger partial charge is 0.370 e. The molecule has 3 heterocycles. The molecule has 2 atom stereocenters. The minimum absolute atomic E-state index is 0.0776. The average molecular weight is 307 g/mol. The number of alkyl halides is 1. The van der Waals surface area contributed by atoms with Crippen molar-refractivity contribution in [3.8, 4) is 11.9 Å². The van der Waals surface area contributed by atoms with Gasteiger partial charge in [-0.25, -0.2) is 14.1 Å². The van der Waals surface area contributed by atoms with Gasteiger partial charge in [-0.3, -0.25) is 0 Å². The maximum absolute atomic E-state index is 13.4. The lowest BCUT2D eigenvalue weighted by atomic mass is 10.1. The summed E-state index contributed by atoms with van der Waals surface area (Å²) < 4.78 is 20.4. The number of rotatable bonds is 2. The van der Waals surface area contributed by atoms with E-state index in [2.05, 4.69) is 10.1 Å². The van der Waals surface area contributed by atoms with Crippen LogP contribution in [0.3, 0.4) is 0 Å². The summed E-state index contributed by atoms with van der Waals surface area (Å²) in [6.07, 6.45) is -1.08. The Hall–Kier alpha value is -1.97. The first-order valence-electron chi connectivity index (χ1n) is 6.47.